The fourth-order valence-corrected chi connectivity index (χ4v) is 3.71. The van der Waals surface area contributed by atoms with E-state index in [1.807, 2.05) is 4.90 Å². The summed E-state index contributed by atoms with van der Waals surface area (Å²) in [6.07, 6.45) is 7.55. The monoisotopic (exact) mass is 356 g/mol. The van der Waals surface area contributed by atoms with Crippen molar-refractivity contribution in [3.63, 3.8) is 0 Å². The largest absolute Gasteiger partial charge is 0.350 e. The maximum Gasteiger partial charge on any atom is 0.350 e. The third-order valence-electron chi connectivity index (χ3n) is 5.07. The van der Waals surface area contributed by atoms with Crippen LogP contribution in [0.3, 0.4) is 0 Å². The molecule has 0 bridgehead atoms. The molecule has 0 N–H and O–H groups in total. The second kappa shape index (κ2) is 6.90. The van der Waals surface area contributed by atoms with Crippen molar-refractivity contribution in [3.05, 3.63) is 52.0 Å². The summed E-state index contributed by atoms with van der Waals surface area (Å²) in [4.78, 5) is 27.5. The first kappa shape index (κ1) is 16.8. The predicted molar refractivity (Wildman–Crippen MR) is 95.9 cm³/mol. The van der Waals surface area contributed by atoms with E-state index in [1.54, 1.807) is 29.0 Å². The van der Waals surface area contributed by atoms with Crippen LogP contribution in [-0.2, 0) is 11.2 Å². The third-order valence-corrected chi connectivity index (χ3v) is 5.07. The van der Waals surface area contributed by atoms with Crippen LogP contribution in [0, 0.1) is 5.82 Å². The molecule has 1 aromatic carbocycles. The molecule has 0 aliphatic carbocycles. The Balaban J connectivity index is 1.62. The normalized spacial score (nSPS) is 19.9. The van der Waals surface area contributed by atoms with Gasteiger partial charge in [-0.25, -0.2) is 9.18 Å². The van der Waals surface area contributed by atoms with Gasteiger partial charge in [0, 0.05) is 25.7 Å². The van der Waals surface area contributed by atoms with Gasteiger partial charge < -0.3 is 4.90 Å². The number of benzene rings is 1. The summed E-state index contributed by atoms with van der Waals surface area (Å²) in [5, 5.41) is 4.38. The molecule has 1 amide bonds. The first-order valence-electron chi connectivity index (χ1n) is 9.06. The highest BCUT2D eigenvalue weighted by Gasteiger charge is 2.33. The van der Waals surface area contributed by atoms with Crippen LogP contribution in [0.25, 0.3) is 12.3 Å². The standard InChI is InChI=1S/C19H21FN4O2/c20-15-8-6-14(7-9-15)10-13-23-19(26)24-16(4-3-5-17(24)21-23)18(25)22-11-1-2-12-22/h6-10,13,16H,1-5,11-12H2/b13-10+. The van der Waals surface area contributed by atoms with E-state index >= 15 is 0 Å². The fourth-order valence-electron chi connectivity index (χ4n) is 3.71. The molecule has 1 unspecified atom stereocenters. The number of halogens is 1. The molecule has 0 spiro atoms. The average Bonchev–Trinajstić information content (AvgIpc) is 3.29. The summed E-state index contributed by atoms with van der Waals surface area (Å²) in [6.45, 7) is 1.55. The molecule has 7 heteroatoms. The predicted octanol–water partition coefficient (Wildman–Crippen LogP) is 2.31. The van der Waals surface area contributed by atoms with Gasteiger partial charge in [-0.1, -0.05) is 12.1 Å². The zero-order valence-electron chi connectivity index (χ0n) is 14.5. The van der Waals surface area contributed by atoms with E-state index in [-0.39, 0.29) is 17.4 Å². The molecule has 2 aliphatic heterocycles. The highest BCUT2D eigenvalue weighted by molar-refractivity contribution is 5.81. The van der Waals surface area contributed by atoms with Crippen LogP contribution >= 0.6 is 0 Å². The molecule has 2 aromatic rings. The molecule has 2 aliphatic rings. The van der Waals surface area contributed by atoms with E-state index in [9.17, 15) is 14.0 Å². The molecule has 6 nitrogen and oxygen atoms in total. The summed E-state index contributed by atoms with van der Waals surface area (Å²) in [6, 6.07) is 5.55. The number of hydrogen-bond donors (Lipinski definition) is 0. The van der Waals surface area contributed by atoms with E-state index < -0.39 is 6.04 Å². The Morgan fingerprint density at radius 3 is 2.62 bits per heavy atom. The number of nitrogens with zero attached hydrogens (tertiary/aromatic N) is 4. The van der Waals surface area contributed by atoms with Crippen molar-refractivity contribution in [2.24, 2.45) is 0 Å². The van der Waals surface area contributed by atoms with Crippen LogP contribution in [0.1, 0.15) is 43.1 Å². The Bertz CT molecular complexity index is 891. The number of carbonyl (C=O) groups excluding carboxylic acids is 1. The SMILES string of the molecule is O=C(C1CCCc2nn(/C=C/c3ccc(F)cc3)c(=O)n21)N1CCCC1. The Morgan fingerprint density at radius 2 is 1.88 bits per heavy atom. The van der Waals surface area contributed by atoms with E-state index in [4.69, 9.17) is 0 Å². The van der Waals surface area contributed by atoms with Gasteiger partial charge >= 0.3 is 5.69 Å². The summed E-state index contributed by atoms with van der Waals surface area (Å²) < 4.78 is 15.8. The van der Waals surface area contributed by atoms with E-state index in [2.05, 4.69) is 5.10 Å². The fraction of sp³-hybridized carbons (Fsp3) is 0.421. The lowest BCUT2D eigenvalue weighted by molar-refractivity contribution is -0.134. The number of rotatable bonds is 3. The molecule has 1 fully saturated rings. The summed E-state index contributed by atoms with van der Waals surface area (Å²) in [5.74, 6) is 0.384. The van der Waals surface area contributed by atoms with Crippen LogP contribution in [0.2, 0.25) is 0 Å². The van der Waals surface area contributed by atoms with Gasteiger partial charge in [0.2, 0.25) is 5.91 Å². The smallest absolute Gasteiger partial charge is 0.341 e. The first-order valence-corrected chi connectivity index (χ1v) is 9.06. The lowest BCUT2D eigenvalue weighted by atomic mass is 10.0. The highest BCUT2D eigenvalue weighted by atomic mass is 19.1. The molecule has 1 saturated heterocycles. The molecule has 1 atom stereocenters. The molecule has 4 rings (SSSR count). The number of aromatic nitrogens is 3. The summed E-state index contributed by atoms with van der Waals surface area (Å²) >= 11 is 0. The van der Waals surface area contributed by atoms with Crippen molar-refractivity contribution < 1.29 is 9.18 Å². The van der Waals surface area contributed by atoms with Crippen LogP contribution in [0.4, 0.5) is 4.39 Å². The van der Waals surface area contributed by atoms with Gasteiger partial charge in [-0.2, -0.15) is 9.78 Å². The van der Waals surface area contributed by atoms with Crippen LogP contribution in [-0.4, -0.2) is 38.2 Å². The topological polar surface area (TPSA) is 60.1 Å². The summed E-state index contributed by atoms with van der Waals surface area (Å²) in [7, 11) is 0. The molecular weight excluding hydrogens is 335 g/mol. The lowest BCUT2D eigenvalue weighted by Gasteiger charge is -2.26. The van der Waals surface area contributed by atoms with E-state index in [0.717, 1.165) is 37.9 Å². The maximum atomic E-state index is 13.0. The minimum absolute atomic E-state index is 0.0348. The molecular formula is C19H21FN4O2. The maximum absolute atomic E-state index is 13.0. The number of fused-ring (bicyclic) bond motifs is 1. The minimum atomic E-state index is -0.447. The van der Waals surface area contributed by atoms with Crippen LogP contribution < -0.4 is 5.69 Å². The zero-order chi connectivity index (χ0) is 18.1. The zero-order valence-corrected chi connectivity index (χ0v) is 14.5. The van der Waals surface area contributed by atoms with Gasteiger partial charge in [-0.15, -0.1) is 0 Å². The van der Waals surface area contributed by atoms with Gasteiger partial charge in [-0.05, 0) is 49.5 Å². The first-order chi connectivity index (χ1) is 12.6. The Morgan fingerprint density at radius 1 is 1.15 bits per heavy atom. The van der Waals surface area contributed by atoms with E-state index in [1.165, 1.54) is 16.8 Å². The Hall–Kier alpha value is -2.70. The van der Waals surface area contributed by atoms with Crippen molar-refractivity contribution in [1.29, 1.82) is 0 Å². The van der Waals surface area contributed by atoms with Gasteiger partial charge in [-0.3, -0.25) is 9.36 Å². The number of likely N-dealkylation sites (tertiary alicyclic amines) is 1. The van der Waals surface area contributed by atoms with Crippen LogP contribution in [0.15, 0.2) is 29.1 Å². The number of amides is 1. The average molecular weight is 356 g/mol. The summed E-state index contributed by atoms with van der Waals surface area (Å²) in [5.41, 5.74) is 0.476. The number of hydrogen-bond acceptors (Lipinski definition) is 3. The lowest BCUT2D eigenvalue weighted by Crippen LogP contribution is -2.41. The van der Waals surface area contributed by atoms with Crippen LogP contribution in [0.5, 0.6) is 0 Å². The molecule has 0 saturated carbocycles. The van der Waals surface area contributed by atoms with E-state index in [0.29, 0.717) is 18.7 Å². The van der Waals surface area contributed by atoms with Crippen molar-refractivity contribution in [1.82, 2.24) is 19.2 Å². The molecule has 3 heterocycles. The molecule has 1 aromatic heterocycles. The van der Waals surface area contributed by atoms with Gasteiger partial charge in [0.25, 0.3) is 0 Å². The van der Waals surface area contributed by atoms with Crippen molar-refractivity contribution in [2.45, 2.75) is 38.1 Å². The number of aryl methyl sites for hydroxylation is 1. The second-order valence-electron chi connectivity index (χ2n) is 6.82. The Kier molecular flexibility index (Phi) is 4.44. The van der Waals surface area contributed by atoms with Crippen molar-refractivity contribution >= 4 is 18.2 Å². The quantitative estimate of drug-likeness (QED) is 0.848. The second-order valence-corrected chi connectivity index (χ2v) is 6.82. The molecule has 0 radical (unpaired) electrons. The molecule has 26 heavy (non-hydrogen) atoms. The number of carbonyl (C=O) groups is 1. The van der Waals surface area contributed by atoms with Gasteiger partial charge in [0.15, 0.2) is 0 Å². The highest BCUT2D eigenvalue weighted by Crippen LogP contribution is 2.25. The minimum Gasteiger partial charge on any atom is -0.341 e. The van der Waals surface area contributed by atoms with Crippen molar-refractivity contribution in [2.75, 3.05) is 13.1 Å². The third kappa shape index (κ3) is 3.09. The van der Waals surface area contributed by atoms with Crippen molar-refractivity contribution in [3.8, 4) is 0 Å². The van der Waals surface area contributed by atoms with Gasteiger partial charge in [0.05, 0.1) is 0 Å². The molecule has 136 valence electrons. The Labute approximate surface area is 150 Å². The van der Waals surface area contributed by atoms with Gasteiger partial charge in [0.1, 0.15) is 17.7 Å².